The van der Waals surface area contributed by atoms with E-state index in [0.717, 1.165) is 11.3 Å². The Balaban J connectivity index is 1.71. The number of hydrogen-bond acceptors (Lipinski definition) is 4. The molecule has 4 nitrogen and oxygen atoms in total. The van der Waals surface area contributed by atoms with Crippen LogP contribution in [0.25, 0.3) is 0 Å². The van der Waals surface area contributed by atoms with Crippen molar-refractivity contribution in [2.45, 2.75) is 12.2 Å². The van der Waals surface area contributed by atoms with E-state index in [-0.39, 0.29) is 18.1 Å². The predicted octanol–water partition coefficient (Wildman–Crippen LogP) is 3.44. The van der Waals surface area contributed by atoms with Gasteiger partial charge < -0.3 is 14.8 Å². The first-order chi connectivity index (χ1) is 12.1. The minimum atomic E-state index is -0.188. The molecule has 0 radical (unpaired) electrons. The molecule has 0 spiro atoms. The highest BCUT2D eigenvalue weighted by molar-refractivity contribution is 7.98. The molecule has 0 saturated carbocycles. The predicted molar refractivity (Wildman–Crippen MR) is 98.8 cm³/mol. The molecule has 0 saturated heterocycles. The van der Waals surface area contributed by atoms with Crippen LogP contribution in [0.4, 0.5) is 4.39 Å². The Morgan fingerprint density at radius 3 is 2.60 bits per heavy atom. The summed E-state index contributed by atoms with van der Waals surface area (Å²) in [6.07, 6.45) is 0.276. The Labute approximate surface area is 151 Å². The molecule has 6 heteroatoms. The number of thioether (sulfide) groups is 1. The SMILES string of the molecule is COc1ccc(CC(=O)NCCSCc2ccccc2F)cc1OC. The van der Waals surface area contributed by atoms with Crippen LogP contribution in [0.5, 0.6) is 11.5 Å². The number of amides is 1. The lowest BCUT2D eigenvalue weighted by atomic mass is 10.1. The molecule has 0 heterocycles. The van der Waals surface area contributed by atoms with E-state index in [1.807, 2.05) is 12.1 Å². The molecule has 2 rings (SSSR count). The number of ether oxygens (including phenoxy) is 2. The summed E-state index contributed by atoms with van der Waals surface area (Å²) >= 11 is 1.59. The summed E-state index contributed by atoms with van der Waals surface area (Å²) in [6, 6.07) is 12.2. The number of nitrogens with one attached hydrogen (secondary N) is 1. The van der Waals surface area contributed by atoms with Gasteiger partial charge in [-0.3, -0.25) is 4.79 Å². The van der Waals surface area contributed by atoms with Gasteiger partial charge in [0.25, 0.3) is 0 Å². The van der Waals surface area contributed by atoms with Gasteiger partial charge in [-0.1, -0.05) is 24.3 Å². The van der Waals surface area contributed by atoms with Crippen molar-refractivity contribution in [1.82, 2.24) is 5.32 Å². The summed E-state index contributed by atoms with van der Waals surface area (Å²) in [7, 11) is 3.14. The van der Waals surface area contributed by atoms with Gasteiger partial charge in [0.1, 0.15) is 5.82 Å². The van der Waals surface area contributed by atoms with E-state index in [2.05, 4.69) is 5.32 Å². The van der Waals surface area contributed by atoms with Gasteiger partial charge in [-0.05, 0) is 29.3 Å². The van der Waals surface area contributed by atoms with E-state index >= 15 is 0 Å². The monoisotopic (exact) mass is 363 g/mol. The van der Waals surface area contributed by atoms with Crippen LogP contribution in [-0.2, 0) is 17.0 Å². The lowest BCUT2D eigenvalue weighted by molar-refractivity contribution is -0.120. The Bertz CT molecular complexity index is 709. The fourth-order valence-electron chi connectivity index (χ4n) is 2.30. The van der Waals surface area contributed by atoms with Crippen LogP contribution >= 0.6 is 11.8 Å². The normalized spacial score (nSPS) is 10.4. The topological polar surface area (TPSA) is 47.6 Å². The van der Waals surface area contributed by atoms with Gasteiger partial charge in [0, 0.05) is 18.1 Å². The molecule has 134 valence electrons. The first kappa shape index (κ1) is 19.1. The zero-order chi connectivity index (χ0) is 18.1. The second-order valence-electron chi connectivity index (χ2n) is 5.36. The Morgan fingerprint density at radius 2 is 1.88 bits per heavy atom. The molecule has 0 aliphatic heterocycles. The molecule has 25 heavy (non-hydrogen) atoms. The molecule has 0 fully saturated rings. The molecule has 0 atom stereocenters. The third kappa shape index (κ3) is 5.98. The number of carbonyl (C=O) groups excluding carboxylic acids is 1. The van der Waals surface area contributed by atoms with Crippen molar-refractivity contribution in [2.24, 2.45) is 0 Å². The third-order valence-corrected chi connectivity index (χ3v) is 4.60. The molecule has 2 aromatic carbocycles. The molecule has 0 aliphatic rings. The van der Waals surface area contributed by atoms with Crippen molar-refractivity contribution in [3.05, 3.63) is 59.4 Å². The molecule has 1 N–H and O–H groups in total. The standard InChI is InChI=1S/C19H22FNO3S/c1-23-17-8-7-14(11-18(17)24-2)12-19(22)21-9-10-25-13-15-5-3-4-6-16(15)20/h3-8,11H,9-10,12-13H2,1-2H3,(H,21,22). The highest BCUT2D eigenvalue weighted by Crippen LogP contribution is 2.27. The molecule has 1 amide bonds. The van der Waals surface area contributed by atoms with Crippen molar-refractivity contribution in [3.8, 4) is 11.5 Å². The number of benzene rings is 2. The van der Waals surface area contributed by atoms with Gasteiger partial charge >= 0.3 is 0 Å². The Morgan fingerprint density at radius 1 is 1.12 bits per heavy atom. The maximum atomic E-state index is 13.5. The van der Waals surface area contributed by atoms with Crippen molar-refractivity contribution >= 4 is 17.7 Å². The average Bonchev–Trinajstić information content (AvgIpc) is 2.62. The van der Waals surface area contributed by atoms with Crippen LogP contribution < -0.4 is 14.8 Å². The van der Waals surface area contributed by atoms with E-state index in [4.69, 9.17) is 9.47 Å². The van der Waals surface area contributed by atoms with E-state index in [1.54, 1.807) is 50.2 Å². The van der Waals surface area contributed by atoms with Gasteiger partial charge in [0.05, 0.1) is 20.6 Å². The highest BCUT2D eigenvalue weighted by Gasteiger charge is 2.08. The van der Waals surface area contributed by atoms with Crippen LogP contribution in [0.1, 0.15) is 11.1 Å². The Kier molecular flexibility index (Phi) is 7.60. The summed E-state index contributed by atoms with van der Waals surface area (Å²) in [5.74, 6) is 2.32. The Hall–Kier alpha value is -2.21. The molecule has 2 aromatic rings. The van der Waals surface area contributed by atoms with E-state index in [1.165, 1.54) is 6.07 Å². The first-order valence-electron chi connectivity index (χ1n) is 7.92. The number of hydrogen-bond donors (Lipinski definition) is 1. The van der Waals surface area contributed by atoms with Gasteiger partial charge in [0.2, 0.25) is 5.91 Å². The largest absolute Gasteiger partial charge is 0.493 e. The fraction of sp³-hybridized carbons (Fsp3) is 0.316. The van der Waals surface area contributed by atoms with Crippen molar-refractivity contribution < 1.29 is 18.7 Å². The summed E-state index contributed by atoms with van der Waals surface area (Å²) in [5, 5.41) is 2.87. The second kappa shape index (κ2) is 9.93. The lowest BCUT2D eigenvalue weighted by Gasteiger charge is -2.10. The zero-order valence-electron chi connectivity index (χ0n) is 14.4. The third-order valence-electron chi connectivity index (χ3n) is 3.60. The smallest absolute Gasteiger partial charge is 0.224 e. The van der Waals surface area contributed by atoms with E-state index in [0.29, 0.717) is 29.4 Å². The van der Waals surface area contributed by atoms with Crippen molar-refractivity contribution in [1.29, 1.82) is 0 Å². The quantitative estimate of drug-likeness (QED) is 0.694. The molecule has 0 bridgehead atoms. The van der Waals surface area contributed by atoms with Gasteiger partial charge in [-0.25, -0.2) is 4.39 Å². The summed E-state index contributed by atoms with van der Waals surface area (Å²) in [6.45, 7) is 0.547. The maximum absolute atomic E-state index is 13.5. The van der Waals surface area contributed by atoms with E-state index in [9.17, 15) is 9.18 Å². The highest BCUT2D eigenvalue weighted by atomic mass is 32.2. The number of methoxy groups -OCH3 is 2. The van der Waals surface area contributed by atoms with Gasteiger partial charge in [-0.2, -0.15) is 11.8 Å². The molecular formula is C19H22FNO3S. The summed E-state index contributed by atoms with van der Waals surface area (Å²) in [5.41, 5.74) is 1.54. The van der Waals surface area contributed by atoms with Crippen molar-refractivity contribution in [3.63, 3.8) is 0 Å². The number of rotatable bonds is 9. The maximum Gasteiger partial charge on any atom is 0.224 e. The minimum Gasteiger partial charge on any atom is -0.493 e. The van der Waals surface area contributed by atoms with Crippen LogP contribution in [0.15, 0.2) is 42.5 Å². The van der Waals surface area contributed by atoms with Crippen LogP contribution in [0, 0.1) is 5.82 Å². The minimum absolute atomic E-state index is 0.0567. The molecular weight excluding hydrogens is 341 g/mol. The van der Waals surface area contributed by atoms with Crippen LogP contribution in [0.3, 0.4) is 0 Å². The van der Waals surface area contributed by atoms with Crippen LogP contribution in [-0.4, -0.2) is 32.4 Å². The lowest BCUT2D eigenvalue weighted by Crippen LogP contribution is -2.27. The second-order valence-corrected chi connectivity index (χ2v) is 6.47. The number of carbonyl (C=O) groups is 1. The number of halogens is 1. The molecule has 0 aromatic heterocycles. The van der Waals surface area contributed by atoms with Gasteiger partial charge in [0.15, 0.2) is 11.5 Å². The summed E-state index contributed by atoms with van der Waals surface area (Å²) < 4.78 is 23.9. The molecule has 0 unspecified atom stereocenters. The molecule has 0 aliphatic carbocycles. The van der Waals surface area contributed by atoms with Crippen LogP contribution in [0.2, 0.25) is 0 Å². The average molecular weight is 363 g/mol. The van der Waals surface area contributed by atoms with Gasteiger partial charge in [-0.15, -0.1) is 0 Å². The van der Waals surface area contributed by atoms with E-state index < -0.39 is 0 Å². The zero-order valence-corrected chi connectivity index (χ0v) is 15.2. The first-order valence-corrected chi connectivity index (χ1v) is 9.08. The summed E-state index contributed by atoms with van der Waals surface area (Å²) in [4.78, 5) is 12.0. The fourth-order valence-corrected chi connectivity index (χ4v) is 3.14. The van der Waals surface area contributed by atoms with Crippen molar-refractivity contribution in [2.75, 3.05) is 26.5 Å².